The van der Waals surface area contributed by atoms with Crippen molar-refractivity contribution in [3.8, 4) is 11.5 Å². The van der Waals surface area contributed by atoms with Gasteiger partial charge in [-0.25, -0.2) is 9.59 Å². The molecule has 0 aliphatic carbocycles. The fourth-order valence-electron chi connectivity index (χ4n) is 3.65. The number of aliphatic carboxylic acids is 1. The molecular formula is C30H47NO10. The summed E-state index contributed by atoms with van der Waals surface area (Å²) in [7, 11) is 0. The molecule has 0 fully saturated rings. The highest BCUT2D eigenvalue weighted by Crippen LogP contribution is 2.37. The number of hydrogen-bond acceptors (Lipinski definition) is 10. The smallest absolute Gasteiger partial charge is 0.480 e. The van der Waals surface area contributed by atoms with Crippen molar-refractivity contribution in [2.75, 3.05) is 13.2 Å². The van der Waals surface area contributed by atoms with E-state index in [1.807, 2.05) is 34.6 Å². The van der Waals surface area contributed by atoms with Crippen LogP contribution in [0.15, 0.2) is 18.2 Å². The van der Waals surface area contributed by atoms with Crippen LogP contribution >= 0.6 is 0 Å². The summed E-state index contributed by atoms with van der Waals surface area (Å²) in [4.78, 5) is 49.3. The van der Waals surface area contributed by atoms with Gasteiger partial charge in [0.2, 0.25) is 0 Å². The summed E-state index contributed by atoms with van der Waals surface area (Å²) in [5, 5.41) is 9.79. The minimum Gasteiger partial charge on any atom is -0.480 e. The Kier molecular flexibility index (Phi) is 15.2. The van der Waals surface area contributed by atoms with Crippen molar-refractivity contribution in [2.24, 2.45) is 29.4 Å². The topological polar surface area (TPSA) is 161 Å². The van der Waals surface area contributed by atoms with E-state index >= 15 is 0 Å². The molecule has 0 aromatic heterocycles. The van der Waals surface area contributed by atoms with Crippen LogP contribution in [0.25, 0.3) is 0 Å². The molecule has 0 bridgehead atoms. The second-order valence-corrected chi connectivity index (χ2v) is 10.8. The summed E-state index contributed by atoms with van der Waals surface area (Å²) in [6, 6.07) is 2.85. The number of nitrogens with two attached hydrogens (primary N) is 1. The molecule has 0 amide bonds. The zero-order valence-corrected chi connectivity index (χ0v) is 25.5. The first-order valence-corrected chi connectivity index (χ1v) is 14.3. The van der Waals surface area contributed by atoms with Crippen molar-refractivity contribution in [3.63, 3.8) is 0 Å². The minimum atomic E-state index is -1.40. The van der Waals surface area contributed by atoms with E-state index in [0.29, 0.717) is 12.0 Å². The van der Waals surface area contributed by atoms with Crippen LogP contribution in [-0.2, 0) is 23.8 Å². The van der Waals surface area contributed by atoms with Crippen LogP contribution < -0.4 is 15.2 Å². The monoisotopic (exact) mass is 581 g/mol. The van der Waals surface area contributed by atoms with Gasteiger partial charge in [-0.15, -0.1) is 0 Å². The lowest BCUT2D eigenvalue weighted by Crippen LogP contribution is -2.43. The number of carboxylic acid groups (broad SMARTS) is 1. The lowest BCUT2D eigenvalue weighted by molar-refractivity contribution is -0.155. The Morgan fingerprint density at radius 1 is 0.805 bits per heavy atom. The Bertz CT molecular complexity index is 1010. The molecule has 7 atom stereocenters. The first-order chi connectivity index (χ1) is 19.2. The number of rotatable bonds is 16. The van der Waals surface area contributed by atoms with Crippen molar-refractivity contribution >= 4 is 24.2 Å². The molecular weight excluding hydrogens is 534 g/mol. The van der Waals surface area contributed by atoms with Gasteiger partial charge in [-0.2, -0.15) is 0 Å². The van der Waals surface area contributed by atoms with E-state index in [0.717, 1.165) is 12.8 Å². The van der Waals surface area contributed by atoms with Gasteiger partial charge in [0.05, 0.1) is 19.1 Å². The summed E-state index contributed by atoms with van der Waals surface area (Å²) in [6.07, 6.45) is -0.536. The van der Waals surface area contributed by atoms with Gasteiger partial charge in [0.15, 0.2) is 11.5 Å². The zero-order valence-electron chi connectivity index (χ0n) is 25.5. The average molecular weight is 582 g/mol. The normalized spacial score (nSPS) is 16.2. The maximum Gasteiger partial charge on any atom is 0.513 e. The molecule has 1 rings (SSSR count). The Hall–Kier alpha value is -3.34. The van der Waals surface area contributed by atoms with Gasteiger partial charge in [0, 0.05) is 11.8 Å². The minimum absolute atomic E-state index is 0.0959. The SMILES string of the molecule is CCC(C)COC(=O)Oc1ccc(C(C(C)C(C)OC(=O)C(C)CC)[C@H](N)C(=O)O)cc1OC(=O)OCC(C)CC. The zero-order chi connectivity index (χ0) is 31.3. The molecule has 0 aliphatic heterocycles. The van der Waals surface area contributed by atoms with Gasteiger partial charge < -0.3 is 34.5 Å². The number of benzene rings is 1. The Morgan fingerprint density at radius 3 is 1.78 bits per heavy atom. The second-order valence-electron chi connectivity index (χ2n) is 10.8. The van der Waals surface area contributed by atoms with E-state index in [1.54, 1.807) is 20.8 Å². The number of ether oxygens (including phenoxy) is 5. The highest BCUT2D eigenvalue weighted by Gasteiger charge is 2.36. The van der Waals surface area contributed by atoms with Crippen LogP contribution in [0.4, 0.5) is 9.59 Å². The highest BCUT2D eigenvalue weighted by atomic mass is 16.7. The summed E-state index contributed by atoms with van der Waals surface area (Å²) >= 11 is 0. The fourth-order valence-corrected chi connectivity index (χ4v) is 3.65. The predicted molar refractivity (Wildman–Crippen MR) is 152 cm³/mol. The molecule has 232 valence electrons. The van der Waals surface area contributed by atoms with E-state index < -0.39 is 48.2 Å². The molecule has 11 heteroatoms. The Labute approximate surface area is 243 Å². The molecule has 11 nitrogen and oxygen atoms in total. The third-order valence-corrected chi connectivity index (χ3v) is 7.40. The maximum atomic E-state index is 12.5. The van der Waals surface area contributed by atoms with E-state index in [2.05, 4.69) is 0 Å². The number of carboxylic acids is 1. The van der Waals surface area contributed by atoms with Crippen LogP contribution in [0.3, 0.4) is 0 Å². The van der Waals surface area contributed by atoms with Gasteiger partial charge in [-0.05, 0) is 42.9 Å². The quantitative estimate of drug-likeness (QED) is 0.135. The molecule has 0 saturated carbocycles. The molecule has 41 heavy (non-hydrogen) atoms. The van der Waals surface area contributed by atoms with Crippen molar-refractivity contribution < 1.29 is 48.0 Å². The van der Waals surface area contributed by atoms with Crippen LogP contribution in [0.1, 0.15) is 86.1 Å². The summed E-state index contributed by atoms with van der Waals surface area (Å²) in [5.41, 5.74) is 6.48. The summed E-state index contributed by atoms with van der Waals surface area (Å²) in [5.74, 6) is -3.54. The van der Waals surface area contributed by atoms with Crippen LogP contribution in [-0.4, -0.2) is 54.7 Å². The first-order valence-electron chi connectivity index (χ1n) is 14.3. The lowest BCUT2D eigenvalue weighted by atomic mass is 9.79. The molecule has 0 heterocycles. The van der Waals surface area contributed by atoms with Gasteiger partial charge >= 0.3 is 24.2 Å². The van der Waals surface area contributed by atoms with E-state index in [1.165, 1.54) is 18.2 Å². The van der Waals surface area contributed by atoms with E-state index in [9.17, 15) is 24.3 Å². The largest absolute Gasteiger partial charge is 0.513 e. The third kappa shape index (κ3) is 11.6. The van der Waals surface area contributed by atoms with Gasteiger partial charge in [-0.3, -0.25) is 9.59 Å². The third-order valence-electron chi connectivity index (χ3n) is 7.40. The summed E-state index contributed by atoms with van der Waals surface area (Å²) < 4.78 is 26.7. The second kappa shape index (κ2) is 17.5. The molecule has 1 aromatic rings. The summed E-state index contributed by atoms with van der Waals surface area (Å²) in [6.45, 7) is 15.0. The molecule has 0 aliphatic rings. The van der Waals surface area contributed by atoms with Crippen molar-refractivity contribution in [2.45, 2.75) is 92.7 Å². The Balaban J connectivity index is 3.41. The van der Waals surface area contributed by atoms with Crippen LogP contribution in [0.2, 0.25) is 0 Å². The molecule has 3 N–H and O–H groups in total. The predicted octanol–water partition coefficient (Wildman–Crippen LogP) is 5.92. The van der Waals surface area contributed by atoms with Crippen molar-refractivity contribution in [1.29, 1.82) is 0 Å². The molecule has 0 spiro atoms. The van der Waals surface area contributed by atoms with Crippen molar-refractivity contribution in [3.05, 3.63) is 23.8 Å². The molecule has 6 unspecified atom stereocenters. The van der Waals surface area contributed by atoms with Gasteiger partial charge in [0.25, 0.3) is 0 Å². The van der Waals surface area contributed by atoms with Gasteiger partial charge in [-0.1, -0.05) is 67.4 Å². The van der Waals surface area contributed by atoms with Crippen LogP contribution in [0.5, 0.6) is 11.5 Å². The van der Waals surface area contributed by atoms with E-state index in [-0.39, 0.29) is 42.5 Å². The van der Waals surface area contributed by atoms with E-state index in [4.69, 9.17) is 29.4 Å². The Morgan fingerprint density at radius 2 is 1.32 bits per heavy atom. The first kappa shape index (κ1) is 35.7. The average Bonchev–Trinajstić information content (AvgIpc) is 2.94. The maximum absolute atomic E-state index is 12.5. The lowest BCUT2D eigenvalue weighted by Gasteiger charge is -2.32. The number of carbonyl (C=O) groups excluding carboxylic acids is 3. The number of hydrogen-bond donors (Lipinski definition) is 2. The standard InChI is InChI=1S/C30H47NO10/c1-9-17(4)15-37-29(35)40-23-13-12-22(14-24(23)41-30(36)38-16-18(5)10-2)25(26(31)27(32)33)20(7)21(8)39-28(34)19(6)11-3/h12-14,17-21,25-26H,9-11,15-16,31H2,1-8H3,(H,32,33)/t17?,18?,19?,20?,21?,25?,26-/m0/s1. The fraction of sp³-hybridized carbons (Fsp3) is 0.667. The number of esters is 1. The molecule has 0 saturated heterocycles. The van der Waals surface area contributed by atoms with Gasteiger partial charge in [0.1, 0.15) is 12.1 Å². The number of carbonyl (C=O) groups is 4. The van der Waals surface area contributed by atoms with Crippen LogP contribution in [0, 0.1) is 23.7 Å². The molecule has 0 radical (unpaired) electrons. The van der Waals surface area contributed by atoms with Crippen molar-refractivity contribution in [1.82, 2.24) is 0 Å². The highest BCUT2D eigenvalue weighted by molar-refractivity contribution is 5.75. The molecule has 1 aromatic carbocycles.